The van der Waals surface area contributed by atoms with Gasteiger partial charge in [0, 0.05) is 17.3 Å². The van der Waals surface area contributed by atoms with Crippen LogP contribution in [-0.2, 0) is 13.0 Å². The third-order valence-electron chi connectivity index (χ3n) is 5.64. The van der Waals surface area contributed by atoms with Gasteiger partial charge in [0.25, 0.3) is 0 Å². The first-order valence-corrected chi connectivity index (χ1v) is 11.1. The van der Waals surface area contributed by atoms with Crippen LogP contribution in [0.5, 0.6) is 5.75 Å². The highest BCUT2D eigenvalue weighted by molar-refractivity contribution is 6.30. The van der Waals surface area contributed by atoms with Crippen LogP contribution in [0, 0.1) is 0 Å². The number of rotatable bonds is 6. The minimum absolute atomic E-state index is 0.0238. The molecule has 4 rings (SSSR count). The lowest BCUT2D eigenvalue weighted by molar-refractivity contribution is 0.175. The van der Waals surface area contributed by atoms with Crippen molar-refractivity contribution in [3.05, 3.63) is 94.5 Å². The molecular weight excluding hydrogens is 408 g/mol. The lowest BCUT2D eigenvalue weighted by atomic mass is 9.86. The Balaban J connectivity index is 1.62. The number of benzene rings is 3. The van der Waals surface area contributed by atoms with E-state index in [0.29, 0.717) is 23.9 Å². The molecule has 0 bridgehead atoms. The van der Waals surface area contributed by atoms with Gasteiger partial charge in [0.05, 0.1) is 12.6 Å². The molecule has 31 heavy (non-hydrogen) atoms. The second-order valence-corrected chi connectivity index (χ2v) is 8.19. The molecule has 1 aliphatic rings. The van der Waals surface area contributed by atoms with Gasteiger partial charge in [-0.25, -0.2) is 4.79 Å². The smallest absolute Gasteiger partial charge is 0.322 e. The van der Waals surface area contributed by atoms with E-state index < -0.39 is 0 Å². The highest BCUT2D eigenvalue weighted by Gasteiger charge is 2.29. The minimum Gasteiger partial charge on any atom is -0.494 e. The number of fused-ring (bicyclic) bond motifs is 1. The van der Waals surface area contributed by atoms with Crippen LogP contribution in [-0.4, -0.2) is 17.5 Å². The minimum atomic E-state index is -0.127. The van der Waals surface area contributed by atoms with Gasteiger partial charge >= 0.3 is 6.03 Å². The number of urea groups is 1. The number of amides is 2. The normalized spacial score (nSPS) is 15.1. The third kappa shape index (κ3) is 5.20. The lowest BCUT2D eigenvalue weighted by Crippen LogP contribution is -2.39. The summed E-state index contributed by atoms with van der Waals surface area (Å²) in [5.74, 6) is 0.837. The number of anilines is 1. The maximum atomic E-state index is 13.5. The SMILES string of the molecule is CCOc1ccc(CN(C(=O)Nc2cccc(Cl)c2)C2CCCc3ccccc32)cc1. The fraction of sp³-hybridized carbons (Fsp3) is 0.269. The Labute approximate surface area is 188 Å². The molecule has 0 saturated carbocycles. The van der Waals surface area contributed by atoms with E-state index in [1.165, 1.54) is 11.1 Å². The van der Waals surface area contributed by atoms with Gasteiger partial charge in [-0.15, -0.1) is 0 Å². The molecule has 0 radical (unpaired) electrons. The summed E-state index contributed by atoms with van der Waals surface area (Å²) in [6, 6.07) is 23.6. The monoisotopic (exact) mass is 434 g/mol. The molecule has 1 unspecified atom stereocenters. The van der Waals surface area contributed by atoms with Gasteiger partial charge in [-0.3, -0.25) is 0 Å². The molecule has 1 N–H and O–H groups in total. The fourth-order valence-corrected chi connectivity index (χ4v) is 4.38. The van der Waals surface area contributed by atoms with Gasteiger partial charge in [-0.2, -0.15) is 0 Å². The van der Waals surface area contributed by atoms with E-state index in [-0.39, 0.29) is 12.1 Å². The Bertz CT molecular complexity index is 1040. The molecule has 0 heterocycles. The molecule has 0 aliphatic heterocycles. The van der Waals surface area contributed by atoms with Crippen LogP contribution < -0.4 is 10.1 Å². The molecule has 3 aromatic carbocycles. The first-order chi connectivity index (χ1) is 15.1. The standard InChI is InChI=1S/C26H27ClN2O2/c1-2-31-23-15-13-19(14-16-23)18-29(26(30)28-22-10-6-9-21(27)17-22)25-12-5-8-20-7-3-4-11-24(20)25/h3-4,6-7,9-11,13-17,25H,2,5,8,12,18H2,1H3,(H,28,30). The predicted octanol–water partition coefficient (Wildman–Crippen LogP) is 6.85. The van der Waals surface area contributed by atoms with Gasteiger partial charge in [0.2, 0.25) is 0 Å². The van der Waals surface area contributed by atoms with Crippen molar-refractivity contribution in [3.63, 3.8) is 0 Å². The number of carbonyl (C=O) groups is 1. The zero-order valence-corrected chi connectivity index (χ0v) is 18.4. The summed E-state index contributed by atoms with van der Waals surface area (Å²) >= 11 is 6.12. The van der Waals surface area contributed by atoms with Crippen molar-refractivity contribution in [2.75, 3.05) is 11.9 Å². The maximum absolute atomic E-state index is 13.5. The van der Waals surface area contributed by atoms with E-state index in [2.05, 4.69) is 29.6 Å². The Morgan fingerprint density at radius 3 is 2.68 bits per heavy atom. The summed E-state index contributed by atoms with van der Waals surface area (Å²) in [6.45, 7) is 3.11. The number of hydrogen-bond donors (Lipinski definition) is 1. The van der Waals surface area contributed by atoms with Crippen molar-refractivity contribution >= 4 is 23.3 Å². The van der Waals surface area contributed by atoms with Gasteiger partial charge in [0.1, 0.15) is 5.75 Å². The van der Waals surface area contributed by atoms with E-state index in [9.17, 15) is 4.79 Å². The maximum Gasteiger partial charge on any atom is 0.322 e. The summed E-state index contributed by atoms with van der Waals surface area (Å²) in [7, 11) is 0. The Morgan fingerprint density at radius 1 is 1.10 bits per heavy atom. The highest BCUT2D eigenvalue weighted by Crippen LogP contribution is 2.35. The van der Waals surface area contributed by atoms with E-state index in [1.54, 1.807) is 12.1 Å². The van der Waals surface area contributed by atoms with Crippen molar-refractivity contribution in [1.29, 1.82) is 0 Å². The second-order valence-electron chi connectivity index (χ2n) is 7.75. The number of carbonyl (C=O) groups excluding carboxylic acids is 1. The van der Waals surface area contributed by atoms with Crippen LogP contribution in [0.3, 0.4) is 0 Å². The molecule has 0 aromatic heterocycles. The fourth-order valence-electron chi connectivity index (χ4n) is 4.19. The molecule has 2 amide bonds. The van der Waals surface area contributed by atoms with Crippen molar-refractivity contribution in [2.24, 2.45) is 0 Å². The van der Waals surface area contributed by atoms with Crippen LogP contribution in [0.15, 0.2) is 72.8 Å². The predicted molar refractivity (Wildman–Crippen MR) is 126 cm³/mol. The second kappa shape index (κ2) is 9.88. The van der Waals surface area contributed by atoms with Crippen LogP contribution in [0.4, 0.5) is 10.5 Å². The zero-order chi connectivity index (χ0) is 21.6. The Morgan fingerprint density at radius 2 is 1.90 bits per heavy atom. The number of aryl methyl sites for hydroxylation is 1. The number of hydrogen-bond acceptors (Lipinski definition) is 2. The summed E-state index contributed by atoms with van der Waals surface area (Å²) < 4.78 is 5.56. The van der Waals surface area contributed by atoms with Crippen LogP contribution in [0.2, 0.25) is 5.02 Å². The molecule has 4 nitrogen and oxygen atoms in total. The van der Waals surface area contributed by atoms with Crippen molar-refractivity contribution < 1.29 is 9.53 Å². The molecule has 5 heteroatoms. The van der Waals surface area contributed by atoms with Crippen LogP contribution >= 0.6 is 11.6 Å². The van der Waals surface area contributed by atoms with Gasteiger partial charge < -0.3 is 15.0 Å². The van der Waals surface area contributed by atoms with Gasteiger partial charge in [0.15, 0.2) is 0 Å². The van der Waals surface area contributed by atoms with E-state index >= 15 is 0 Å². The van der Waals surface area contributed by atoms with Crippen LogP contribution in [0.25, 0.3) is 0 Å². The Kier molecular flexibility index (Phi) is 6.78. The first kappa shape index (κ1) is 21.3. The number of ether oxygens (including phenoxy) is 1. The lowest BCUT2D eigenvalue weighted by Gasteiger charge is -2.36. The zero-order valence-electron chi connectivity index (χ0n) is 17.7. The molecular formula is C26H27ClN2O2. The van der Waals surface area contributed by atoms with E-state index in [0.717, 1.165) is 30.6 Å². The number of nitrogens with zero attached hydrogens (tertiary/aromatic N) is 1. The van der Waals surface area contributed by atoms with Crippen molar-refractivity contribution in [3.8, 4) is 5.75 Å². The van der Waals surface area contributed by atoms with Crippen molar-refractivity contribution in [2.45, 2.75) is 38.8 Å². The largest absolute Gasteiger partial charge is 0.494 e. The first-order valence-electron chi connectivity index (χ1n) is 10.8. The summed E-state index contributed by atoms with van der Waals surface area (Å²) in [6.07, 6.45) is 3.06. The Hall–Kier alpha value is -2.98. The van der Waals surface area contributed by atoms with Crippen molar-refractivity contribution in [1.82, 2.24) is 4.90 Å². The van der Waals surface area contributed by atoms with Crippen LogP contribution in [0.1, 0.15) is 42.5 Å². The average Bonchev–Trinajstić information content (AvgIpc) is 2.78. The number of halogens is 1. The van der Waals surface area contributed by atoms with Gasteiger partial charge in [-0.1, -0.05) is 54.1 Å². The molecule has 0 spiro atoms. The topological polar surface area (TPSA) is 41.6 Å². The summed E-state index contributed by atoms with van der Waals surface area (Å²) in [5.41, 5.74) is 4.32. The molecule has 160 valence electrons. The summed E-state index contributed by atoms with van der Waals surface area (Å²) in [4.78, 5) is 15.4. The average molecular weight is 435 g/mol. The molecule has 3 aromatic rings. The molecule has 1 atom stereocenters. The van der Waals surface area contributed by atoms with E-state index in [1.807, 2.05) is 48.2 Å². The molecule has 1 aliphatic carbocycles. The molecule has 0 saturated heterocycles. The quantitative estimate of drug-likeness (QED) is 0.460. The molecule has 0 fully saturated rings. The summed E-state index contributed by atoms with van der Waals surface area (Å²) in [5, 5.41) is 3.64. The number of nitrogens with one attached hydrogen (secondary N) is 1. The van der Waals surface area contributed by atoms with Gasteiger partial charge in [-0.05, 0) is 73.2 Å². The third-order valence-corrected chi connectivity index (χ3v) is 5.87. The van der Waals surface area contributed by atoms with E-state index in [4.69, 9.17) is 16.3 Å². The highest BCUT2D eigenvalue weighted by atomic mass is 35.5.